The highest BCUT2D eigenvalue weighted by molar-refractivity contribution is 6.33. The molecule has 1 aromatic rings. The summed E-state index contributed by atoms with van der Waals surface area (Å²) in [5.41, 5.74) is -0.260. The van der Waals surface area contributed by atoms with Gasteiger partial charge in [-0.2, -0.15) is 5.26 Å². The van der Waals surface area contributed by atoms with E-state index in [1.54, 1.807) is 38.2 Å². The second-order valence-electron chi connectivity index (χ2n) is 6.48. The number of carbonyl (C=O) groups excluding carboxylic acids is 2. The summed E-state index contributed by atoms with van der Waals surface area (Å²) >= 11 is 6.00. The number of para-hydroxylation sites is 1. The number of anilines is 1. The van der Waals surface area contributed by atoms with Crippen LogP contribution in [0.15, 0.2) is 24.3 Å². The van der Waals surface area contributed by atoms with E-state index in [9.17, 15) is 14.9 Å². The fraction of sp³-hybridized carbons (Fsp3) is 0.471. The number of nitrogens with zero attached hydrogens (tertiary/aromatic N) is 1. The Morgan fingerprint density at radius 3 is 2.54 bits per heavy atom. The second-order valence-corrected chi connectivity index (χ2v) is 6.88. The van der Waals surface area contributed by atoms with Gasteiger partial charge in [-0.15, -0.1) is 0 Å². The van der Waals surface area contributed by atoms with Gasteiger partial charge in [0.15, 0.2) is 13.1 Å². The molecule has 2 amide bonds. The Hall–Kier alpha value is -2.10. The van der Waals surface area contributed by atoms with Crippen molar-refractivity contribution in [2.24, 2.45) is 5.92 Å². The van der Waals surface area contributed by atoms with E-state index >= 15 is 0 Å². The van der Waals surface area contributed by atoms with Crippen molar-refractivity contribution in [3.8, 4) is 6.07 Å². The molecule has 24 heavy (non-hydrogen) atoms. The van der Waals surface area contributed by atoms with E-state index in [1.165, 1.54) is 0 Å². The Balaban J connectivity index is 1.81. The van der Waals surface area contributed by atoms with Gasteiger partial charge in [0.05, 0.1) is 23.8 Å². The van der Waals surface area contributed by atoms with E-state index in [-0.39, 0.29) is 30.8 Å². The number of quaternary nitrogens is 1. The van der Waals surface area contributed by atoms with Crippen molar-refractivity contribution in [3.63, 3.8) is 0 Å². The Bertz CT molecular complexity index is 669. The summed E-state index contributed by atoms with van der Waals surface area (Å²) in [5.74, 6) is -0.220. The van der Waals surface area contributed by atoms with Crippen molar-refractivity contribution in [2.75, 3.05) is 25.5 Å². The van der Waals surface area contributed by atoms with Crippen LogP contribution in [0.25, 0.3) is 0 Å². The molecular formula is C17H22ClN4O2+. The summed E-state index contributed by atoms with van der Waals surface area (Å²) < 4.78 is 0. The van der Waals surface area contributed by atoms with Crippen LogP contribution in [0.1, 0.15) is 19.8 Å². The van der Waals surface area contributed by atoms with Crippen LogP contribution in [-0.4, -0.2) is 37.5 Å². The first-order chi connectivity index (χ1) is 11.3. The molecule has 0 aromatic heterocycles. The first-order valence-corrected chi connectivity index (χ1v) is 8.30. The molecule has 1 aromatic carbocycles. The monoisotopic (exact) mass is 349 g/mol. The van der Waals surface area contributed by atoms with Gasteiger partial charge in [-0.3, -0.25) is 9.59 Å². The van der Waals surface area contributed by atoms with E-state index in [4.69, 9.17) is 11.6 Å². The number of hydrogen-bond donors (Lipinski definition) is 3. The predicted molar refractivity (Wildman–Crippen MR) is 91.6 cm³/mol. The number of halogens is 1. The van der Waals surface area contributed by atoms with Crippen LogP contribution >= 0.6 is 11.6 Å². The van der Waals surface area contributed by atoms with Gasteiger partial charge in [0.25, 0.3) is 11.8 Å². The van der Waals surface area contributed by atoms with Gasteiger partial charge >= 0.3 is 0 Å². The third-order valence-corrected chi connectivity index (χ3v) is 4.43. The lowest BCUT2D eigenvalue weighted by Crippen LogP contribution is -3.11. The lowest BCUT2D eigenvalue weighted by Gasteiger charge is -2.23. The Kier molecular flexibility index (Phi) is 5.81. The molecule has 3 N–H and O–H groups in total. The Morgan fingerprint density at radius 1 is 1.33 bits per heavy atom. The van der Waals surface area contributed by atoms with Gasteiger partial charge in [0.1, 0.15) is 5.54 Å². The summed E-state index contributed by atoms with van der Waals surface area (Å²) in [7, 11) is 1.76. The zero-order valence-electron chi connectivity index (χ0n) is 13.9. The zero-order chi connectivity index (χ0) is 17.7. The Morgan fingerprint density at radius 2 is 1.96 bits per heavy atom. The van der Waals surface area contributed by atoms with Crippen molar-refractivity contribution >= 4 is 29.1 Å². The summed E-state index contributed by atoms with van der Waals surface area (Å²) in [6.45, 7) is 2.01. The van der Waals surface area contributed by atoms with Crippen molar-refractivity contribution < 1.29 is 14.5 Å². The van der Waals surface area contributed by atoms with Crippen LogP contribution in [0.4, 0.5) is 5.69 Å². The average molecular weight is 350 g/mol. The lowest BCUT2D eigenvalue weighted by atomic mass is 9.98. The van der Waals surface area contributed by atoms with Crippen molar-refractivity contribution in [1.29, 1.82) is 5.26 Å². The first kappa shape index (κ1) is 18.2. The molecule has 1 aliphatic carbocycles. The molecule has 1 saturated carbocycles. The summed E-state index contributed by atoms with van der Waals surface area (Å²) in [4.78, 5) is 24.9. The maximum Gasteiger partial charge on any atom is 0.279 e. The highest BCUT2D eigenvalue weighted by atomic mass is 35.5. The average Bonchev–Trinajstić information content (AvgIpc) is 3.34. The predicted octanol–water partition coefficient (Wildman–Crippen LogP) is 0.602. The number of benzene rings is 1. The number of hydrogen-bond acceptors (Lipinski definition) is 3. The minimum Gasteiger partial charge on any atom is -0.333 e. The molecule has 0 aliphatic heterocycles. The maximum absolute atomic E-state index is 12.1. The summed E-state index contributed by atoms with van der Waals surface area (Å²) in [6, 6.07) is 9.17. The first-order valence-electron chi connectivity index (χ1n) is 7.92. The third-order valence-electron chi connectivity index (χ3n) is 4.10. The van der Waals surface area contributed by atoms with Crippen molar-refractivity contribution in [3.05, 3.63) is 29.3 Å². The lowest BCUT2D eigenvalue weighted by molar-refractivity contribution is -0.862. The number of amides is 2. The smallest absolute Gasteiger partial charge is 0.279 e. The van der Waals surface area contributed by atoms with Crippen LogP contribution in [0.5, 0.6) is 0 Å². The van der Waals surface area contributed by atoms with Gasteiger partial charge in [-0.25, -0.2) is 0 Å². The number of nitriles is 1. The van der Waals surface area contributed by atoms with E-state index in [0.717, 1.165) is 17.7 Å². The van der Waals surface area contributed by atoms with E-state index in [0.29, 0.717) is 10.7 Å². The largest absolute Gasteiger partial charge is 0.333 e. The minimum absolute atomic E-state index is 0.125. The number of rotatable bonds is 7. The van der Waals surface area contributed by atoms with Gasteiger partial charge in [0.2, 0.25) is 0 Å². The molecule has 0 bridgehead atoms. The van der Waals surface area contributed by atoms with Crippen molar-refractivity contribution in [1.82, 2.24) is 5.32 Å². The van der Waals surface area contributed by atoms with Gasteiger partial charge in [-0.1, -0.05) is 23.7 Å². The molecule has 7 heteroatoms. The van der Waals surface area contributed by atoms with Gasteiger partial charge in [-0.05, 0) is 37.8 Å². The highest BCUT2D eigenvalue weighted by Gasteiger charge is 2.43. The summed E-state index contributed by atoms with van der Waals surface area (Å²) in [5, 5.41) is 15.3. The van der Waals surface area contributed by atoms with Gasteiger partial charge in [0, 0.05) is 0 Å². The fourth-order valence-electron chi connectivity index (χ4n) is 2.58. The molecule has 0 heterocycles. The van der Waals surface area contributed by atoms with E-state index in [2.05, 4.69) is 16.7 Å². The molecule has 0 saturated heterocycles. The SMILES string of the molecule is C[NH+](CC(=O)Nc1ccccc1Cl)CC(=O)N[C@](C)(C#N)C1CC1. The maximum atomic E-state index is 12.1. The Labute approximate surface area is 146 Å². The normalized spacial score (nSPS) is 17.2. The van der Waals surface area contributed by atoms with E-state index < -0.39 is 5.54 Å². The van der Waals surface area contributed by atoms with Crippen LogP contribution in [-0.2, 0) is 9.59 Å². The fourth-order valence-corrected chi connectivity index (χ4v) is 2.77. The molecule has 0 spiro atoms. The molecule has 0 radical (unpaired) electrons. The highest BCUT2D eigenvalue weighted by Crippen LogP contribution is 2.39. The molecule has 6 nitrogen and oxygen atoms in total. The molecule has 2 rings (SSSR count). The van der Waals surface area contributed by atoms with Crippen LogP contribution in [0.2, 0.25) is 5.02 Å². The standard InChI is InChI=1S/C17H21ClN4O2/c1-17(11-19,12-7-8-12)21-16(24)10-22(2)9-15(23)20-14-6-4-3-5-13(14)18/h3-6,12H,7-10H2,1-2H3,(H,20,23)(H,21,24)/p+1/t17-/m1/s1. The van der Waals surface area contributed by atoms with Gasteiger partial charge < -0.3 is 15.5 Å². The van der Waals surface area contributed by atoms with Crippen LogP contribution < -0.4 is 15.5 Å². The van der Waals surface area contributed by atoms with Crippen molar-refractivity contribution in [2.45, 2.75) is 25.3 Å². The quantitative estimate of drug-likeness (QED) is 0.674. The number of likely N-dealkylation sites (N-methyl/N-ethyl adjacent to an activating group) is 1. The van der Waals surface area contributed by atoms with Crippen LogP contribution in [0.3, 0.4) is 0 Å². The minimum atomic E-state index is -0.808. The second kappa shape index (κ2) is 7.65. The van der Waals surface area contributed by atoms with E-state index in [1.807, 2.05) is 0 Å². The third kappa shape index (κ3) is 4.95. The molecular weight excluding hydrogens is 328 g/mol. The topological polar surface area (TPSA) is 86.4 Å². The molecule has 1 unspecified atom stereocenters. The molecule has 128 valence electrons. The number of carbonyl (C=O) groups is 2. The molecule has 2 atom stereocenters. The summed E-state index contributed by atoms with van der Waals surface area (Å²) in [6.07, 6.45) is 1.93. The van der Waals surface area contributed by atoms with Crippen LogP contribution in [0, 0.1) is 17.2 Å². The number of nitrogens with one attached hydrogen (secondary N) is 3. The zero-order valence-corrected chi connectivity index (χ0v) is 14.6. The molecule has 1 aliphatic rings. The molecule has 1 fully saturated rings.